The third kappa shape index (κ3) is 2.17. The van der Waals surface area contributed by atoms with Crippen molar-refractivity contribution in [3.63, 3.8) is 0 Å². The van der Waals surface area contributed by atoms with Gasteiger partial charge in [0.2, 0.25) is 0 Å². The maximum Gasteiger partial charge on any atom is 1.00 e. The number of rotatable bonds is 1. The molecule has 0 radical (unpaired) electrons. The predicted molar refractivity (Wildman–Crippen MR) is 38.5 cm³/mol. The summed E-state index contributed by atoms with van der Waals surface area (Å²) in [6.45, 7) is 0. The molecule has 0 bridgehead atoms. The van der Waals surface area contributed by atoms with Gasteiger partial charge in [0, 0.05) is 5.56 Å². The summed E-state index contributed by atoms with van der Waals surface area (Å²) in [4.78, 5) is 0. The summed E-state index contributed by atoms with van der Waals surface area (Å²) >= 11 is 0. The third-order valence-electron chi connectivity index (χ3n) is 1.23. The van der Waals surface area contributed by atoms with Gasteiger partial charge in [0.05, 0.1) is 0 Å². The molecule has 12 heavy (non-hydrogen) atoms. The van der Waals surface area contributed by atoms with Gasteiger partial charge in [-0.25, -0.2) is 8.78 Å². The second-order valence-electron chi connectivity index (χ2n) is 2.04. The summed E-state index contributed by atoms with van der Waals surface area (Å²) in [5, 5.41) is 6.89. The van der Waals surface area contributed by atoms with E-state index < -0.39 is 11.6 Å². The lowest BCUT2D eigenvalue weighted by Gasteiger charge is -1.97. The second kappa shape index (κ2) is 4.01. The van der Waals surface area contributed by atoms with Crippen LogP contribution in [0.1, 0.15) is 6.99 Å². The van der Waals surface area contributed by atoms with Crippen molar-refractivity contribution >= 4 is 5.84 Å². The number of nitrogen functional groups attached to an aromatic ring is 1. The van der Waals surface area contributed by atoms with Gasteiger partial charge in [-0.2, -0.15) is 0 Å². The Morgan fingerprint density at radius 1 is 1.33 bits per heavy atom. The zero-order chi connectivity index (χ0) is 8.43. The van der Waals surface area contributed by atoms with Gasteiger partial charge in [0.25, 0.3) is 0 Å². The van der Waals surface area contributed by atoms with E-state index in [0.717, 1.165) is 12.1 Å². The van der Waals surface area contributed by atoms with E-state index >= 15 is 0 Å². The Kier molecular flexibility index (Phi) is 3.63. The summed E-state index contributed by atoms with van der Waals surface area (Å²) in [7, 11) is 0. The van der Waals surface area contributed by atoms with Crippen LogP contribution in [-0.2, 0) is 0 Å². The molecule has 0 amide bonds. The Morgan fingerprint density at radius 3 is 2.33 bits per heavy atom. The smallest absolute Gasteiger partial charge is 1.00 e. The van der Waals surface area contributed by atoms with Gasteiger partial charge >= 0.3 is 1.43 Å². The molecule has 0 atom stereocenters. The average Bonchev–Trinajstić information content (AvgIpc) is 1.94. The van der Waals surface area contributed by atoms with Crippen LogP contribution in [0, 0.1) is 17.0 Å². The second-order valence-corrected chi connectivity index (χ2v) is 2.04. The molecule has 2 nitrogen and oxygen atoms in total. The van der Waals surface area contributed by atoms with Crippen molar-refractivity contribution in [2.75, 3.05) is 0 Å². The number of amidine groups is 1. The summed E-state index contributed by atoms with van der Waals surface area (Å²) in [6, 6.07) is 3.07. The first-order valence-corrected chi connectivity index (χ1v) is 2.90. The number of hydrogen-bond acceptors (Lipinski definition) is 1. The van der Waals surface area contributed by atoms with Crippen LogP contribution in [0.2, 0.25) is 0 Å². The minimum absolute atomic E-state index is 0. The Balaban J connectivity index is 0. The predicted octanol–water partition coefficient (Wildman–Crippen LogP) is -1.63. The van der Waals surface area contributed by atoms with Gasteiger partial charge in [0.1, 0.15) is 5.84 Å². The van der Waals surface area contributed by atoms with Crippen molar-refractivity contribution in [1.29, 1.82) is 5.41 Å². The first kappa shape index (κ1) is 10.8. The average molecular weight is 193 g/mol. The zero-order valence-electron chi connectivity index (χ0n) is 6.94. The van der Waals surface area contributed by atoms with Gasteiger partial charge in [0.15, 0.2) is 11.6 Å². The molecule has 1 aromatic carbocycles. The van der Waals surface area contributed by atoms with E-state index in [0.29, 0.717) is 0 Å². The van der Waals surface area contributed by atoms with Crippen molar-refractivity contribution in [3.05, 3.63) is 35.4 Å². The Bertz CT molecular complexity index is 307. The van der Waals surface area contributed by atoms with Crippen molar-refractivity contribution < 1.29 is 22.6 Å². The first-order valence-electron chi connectivity index (χ1n) is 2.90. The number of nitrogens with two attached hydrogens (primary N) is 1. The molecule has 0 unspecified atom stereocenters. The highest BCUT2D eigenvalue weighted by Gasteiger charge is 2.02. The summed E-state index contributed by atoms with van der Waals surface area (Å²) in [6.07, 6.45) is 0. The molecule has 0 aliphatic rings. The zero-order valence-corrected chi connectivity index (χ0v) is 6.70. The largest absolute Gasteiger partial charge is 1.00 e. The van der Waals surface area contributed by atoms with Crippen LogP contribution >= 0.6 is 0 Å². The summed E-state index contributed by atoms with van der Waals surface area (Å²) < 4.78 is 24.7. The molecular formula is C7H7ClF2N2. The maximum atomic E-state index is 12.4. The van der Waals surface area contributed by atoms with Crippen LogP contribution in [0.25, 0.3) is 0 Å². The highest BCUT2D eigenvalue weighted by atomic mass is 35.5. The molecule has 0 spiro atoms. The fourth-order valence-electron chi connectivity index (χ4n) is 0.664. The van der Waals surface area contributed by atoms with Crippen molar-refractivity contribution in [2.45, 2.75) is 0 Å². The fourth-order valence-corrected chi connectivity index (χ4v) is 0.664. The quantitative estimate of drug-likeness (QED) is 0.407. The molecule has 0 aromatic heterocycles. The standard InChI is InChI=1S/C7H6F2N2.ClH/c8-5-2-1-4(7(10)11)3-6(5)9;/h1-3H,(H3,10,11);1H. The highest BCUT2D eigenvalue weighted by Crippen LogP contribution is 2.07. The van der Waals surface area contributed by atoms with Crippen LogP contribution in [-0.4, -0.2) is 5.84 Å². The van der Waals surface area contributed by atoms with E-state index in [-0.39, 0.29) is 25.2 Å². The molecule has 3 N–H and O–H groups in total. The minimum atomic E-state index is -0.988. The van der Waals surface area contributed by atoms with E-state index in [9.17, 15) is 8.78 Å². The van der Waals surface area contributed by atoms with Gasteiger partial charge < -0.3 is 18.1 Å². The van der Waals surface area contributed by atoms with Gasteiger partial charge in [-0.3, -0.25) is 5.41 Å². The molecule has 1 aromatic rings. The summed E-state index contributed by atoms with van der Waals surface area (Å²) in [5.74, 6) is -2.20. The Hall–Kier alpha value is -1.16. The highest BCUT2D eigenvalue weighted by molar-refractivity contribution is 5.94. The molecular weight excluding hydrogens is 186 g/mol. The molecule has 66 valence electrons. The SMILES string of the molecule is N=C(N)c1ccc(F)c(F)c1.[Cl-].[H+]. The van der Waals surface area contributed by atoms with E-state index in [4.69, 9.17) is 11.1 Å². The van der Waals surface area contributed by atoms with Crippen molar-refractivity contribution in [2.24, 2.45) is 5.73 Å². The lowest BCUT2D eigenvalue weighted by atomic mass is 10.2. The normalized spacial score (nSPS) is 8.83. The van der Waals surface area contributed by atoms with Gasteiger partial charge in [-0.05, 0) is 18.2 Å². The number of hydrogen-bond donors (Lipinski definition) is 2. The van der Waals surface area contributed by atoms with Gasteiger partial charge in [-0.1, -0.05) is 0 Å². The minimum Gasteiger partial charge on any atom is -1.00 e. The number of nitrogens with one attached hydrogen (secondary N) is 1. The number of benzene rings is 1. The van der Waals surface area contributed by atoms with Crippen molar-refractivity contribution in [1.82, 2.24) is 0 Å². The van der Waals surface area contributed by atoms with E-state index in [1.54, 1.807) is 0 Å². The van der Waals surface area contributed by atoms with Gasteiger partial charge in [-0.15, -0.1) is 0 Å². The number of halogens is 3. The van der Waals surface area contributed by atoms with E-state index in [2.05, 4.69) is 0 Å². The van der Waals surface area contributed by atoms with Crippen molar-refractivity contribution in [3.8, 4) is 0 Å². The topological polar surface area (TPSA) is 49.9 Å². The van der Waals surface area contributed by atoms with Crippen LogP contribution in [0.5, 0.6) is 0 Å². The Morgan fingerprint density at radius 2 is 1.92 bits per heavy atom. The summed E-state index contributed by atoms with van der Waals surface area (Å²) in [5.41, 5.74) is 5.21. The van der Waals surface area contributed by atoms with E-state index in [1.807, 2.05) is 0 Å². The monoisotopic (exact) mass is 192 g/mol. The molecule has 0 heterocycles. The fraction of sp³-hybridized carbons (Fsp3) is 0. The van der Waals surface area contributed by atoms with Crippen LogP contribution < -0.4 is 18.1 Å². The molecule has 0 aliphatic carbocycles. The Labute approximate surface area is 75.8 Å². The maximum absolute atomic E-state index is 12.4. The van der Waals surface area contributed by atoms with Crippen LogP contribution in [0.15, 0.2) is 18.2 Å². The molecule has 0 saturated carbocycles. The molecule has 5 heteroatoms. The van der Waals surface area contributed by atoms with Crippen LogP contribution in [0.3, 0.4) is 0 Å². The van der Waals surface area contributed by atoms with Crippen LogP contribution in [0.4, 0.5) is 8.78 Å². The third-order valence-corrected chi connectivity index (χ3v) is 1.23. The van der Waals surface area contributed by atoms with E-state index in [1.165, 1.54) is 6.07 Å². The molecule has 0 saturated heterocycles. The lowest BCUT2D eigenvalue weighted by Crippen LogP contribution is -3.00. The first-order chi connectivity index (χ1) is 5.11. The lowest BCUT2D eigenvalue weighted by molar-refractivity contribution is -0.00000369. The molecule has 1 rings (SSSR count). The molecule has 0 aliphatic heterocycles. The molecule has 0 fully saturated rings.